The minimum Gasteiger partial charge on any atom is -0.299 e. The van der Waals surface area contributed by atoms with Crippen molar-refractivity contribution in [1.29, 1.82) is 0 Å². The predicted molar refractivity (Wildman–Crippen MR) is 63.4 cm³/mol. The summed E-state index contributed by atoms with van der Waals surface area (Å²) < 4.78 is 0. The van der Waals surface area contributed by atoms with Crippen LogP contribution in [0.15, 0.2) is 0 Å². The summed E-state index contributed by atoms with van der Waals surface area (Å²) in [6, 6.07) is 0. The topological polar surface area (TPSA) is 17.1 Å². The summed E-state index contributed by atoms with van der Waals surface area (Å²) in [6.45, 7) is 2.23. The van der Waals surface area contributed by atoms with Gasteiger partial charge in [0, 0.05) is 18.8 Å². The van der Waals surface area contributed by atoms with Crippen molar-refractivity contribution < 1.29 is 4.79 Å². The van der Waals surface area contributed by atoms with Crippen LogP contribution in [0.5, 0.6) is 0 Å². The SMILES string of the molecule is C#CCCCC1CC(CCC)CCC1=O. The summed E-state index contributed by atoms with van der Waals surface area (Å²) in [6.07, 6.45) is 13.7. The first-order chi connectivity index (χ1) is 7.27. The number of ketones is 1. The standard InChI is InChI=1S/C14H22O/c1-3-5-6-8-13-11-12(7-4-2)9-10-14(13)15/h1,12-13H,4-11H2,2H3. The van der Waals surface area contributed by atoms with Gasteiger partial charge in [0.25, 0.3) is 0 Å². The van der Waals surface area contributed by atoms with Crippen LogP contribution in [0.1, 0.15) is 58.3 Å². The molecule has 1 saturated carbocycles. The quantitative estimate of drug-likeness (QED) is 0.496. The molecule has 0 heterocycles. The van der Waals surface area contributed by atoms with Crippen molar-refractivity contribution in [3.63, 3.8) is 0 Å². The minimum atomic E-state index is 0.323. The van der Waals surface area contributed by atoms with Crippen LogP contribution in [0.3, 0.4) is 0 Å². The van der Waals surface area contributed by atoms with Crippen LogP contribution in [0.2, 0.25) is 0 Å². The van der Waals surface area contributed by atoms with E-state index in [1.165, 1.54) is 12.8 Å². The zero-order valence-electron chi connectivity index (χ0n) is 9.80. The molecule has 0 aliphatic heterocycles. The van der Waals surface area contributed by atoms with Gasteiger partial charge in [0.2, 0.25) is 0 Å². The Balaban J connectivity index is 2.33. The third-order valence-corrected chi connectivity index (χ3v) is 3.44. The number of Topliss-reactive ketones (excluding diaryl/α,β-unsaturated/α-hetero) is 1. The van der Waals surface area contributed by atoms with E-state index in [0.29, 0.717) is 11.7 Å². The molecule has 1 heteroatoms. The smallest absolute Gasteiger partial charge is 0.135 e. The molecule has 2 unspecified atom stereocenters. The molecular formula is C14H22O. The van der Waals surface area contributed by atoms with Crippen LogP contribution in [0, 0.1) is 24.2 Å². The van der Waals surface area contributed by atoms with E-state index >= 15 is 0 Å². The van der Waals surface area contributed by atoms with Gasteiger partial charge in [-0.25, -0.2) is 0 Å². The Labute approximate surface area is 93.6 Å². The van der Waals surface area contributed by atoms with Gasteiger partial charge in [-0.3, -0.25) is 4.79 Å². The lowest BCUT2D eigenvalue weighted by atomic mass is 9.76. The summed E-state index contributed by atoms with van der Waals surface area (Å²) >= 11 is 0. The number of carbonyl (C=O) groups is 1. The molecule has 1 nitrogen and oxygen atoms in total. The Morgan fingerprint density at radius 1 is 1.47 bits per heavy atom. The van der Waals surface area contributed by atoms with Crippen LogP contribution < -0.4 is 0 Å². The van der Waals surface area contributed by atoms with E-state index in [0.717, 1.165) is 44.4 Å². The maximum Gasteiger partial charge on any atom is 0.135 e. The second kappa shape index (κ2) is 6.67. The van der Waals surface area contributed by atoms with Crippen molar-refractivity contribution in [2.24, 2.45) is 11.8 Å². The number of rotatable bonds is 5. The Morgan fingerprint density at radius 3 is 2.93 bits per heavy atom. The highest BCUT2D eigenvalue weighted by molar-refractivity contribution is 5.81. The van der Waals surface area contributed by atoms with Crippen LogP contribution in [0.25, 0.3) is 0 Å². The lowest BCUT2D eigenvalue weighted by Crippen LogP contribution is -2.24. The van der Waals surface area contributed by atoms with Gasteiger partial charge in [-0.2, -0.15) is 0 Å². The van der Waals surface area contributed by atoms with Gasteiger partial charge in [-0.15, -0.1) is 12.3 Å². The van der Waals surface area contributed by atoms with E-state index in [9.17, 15) is 4.79 Å². The fourth-order valence-corrected chi connectivity index (χ4v) is 2.60. The van der Waals surface area contributed by atoms with Crippen LogP contribution in [-0.2, 0) is 4.79 Å². The molecule has 0 N–H and O–H groups in total. The Morgan fingerprint density at radius 2 is 2.27 bits per heavy atom. The molecule has 2 atom stereocenters. The van der Waals surface area contributed by atoms with Crippen molar-refractivity contribution >= 4 is 5.78 Å². The molecule has 0 bridgehead atoms. The minimum absolute atomic E-state index is 0.323. The van der Waals surface area contributed by atoms with E-state index < -0.39 is 0 Å². The first kappa shape index (κ1) is 12.3. The molecule has 0 amide bonds. The first-order valence-electron chi connectivity index (χ1n) is 6.24. The van der Waals surface area contributed by atoms with Crippen molar-refractivity contribution in [2.75, 3.05) is 0 Å². The molecule has 0 saturated heterocycles. The van der Waals surface area contributed by atoms with Gasteiger partial charge in [0.1, 0.15) is 5.78 Å². The molecule has 1 aliphatic rings. The van der Waals surface area contributed by atoms with Gasteiger partial charge in [-0.1, -0.05) is 19.8 Å². The average molecular weight is 206 g/mol. The number of carbonyl (C=O) groups excluding carboxylic acids is 1. The van der Waals surface area contributed by atoms with E-state index in [-0.39, 0.29) is 0 Å². The van der Waals surface area contributed by atoms with E-state index in [1.54, 1.807) is 0 Å². The summed E-state index contributed by atoms with van der Waals surface area (Å²) in [4.78, 5) is 11.7. The maximum absolute atomic E-state index is 11.7. The average Bonchev–Trinajstić information content (AvgIpc) is 2.23. The highest BCUT2D eigenvalue weighted by Gasteiger charge is 2.27. The van der Waals surface area contributed by atoms with Crippen LogP contribution in [-0.4, -0.2) is 5.78 Å². The summed E-state index contributed by atoms with van der Waals surface area (Å²) in [5, 5.41) is 0. The fraction of sp³-hybridized carbons (Fsp3) is 0.786. The molecular weight excluding hydrogens is 184 g/mol. The van der Waals surface area contributed by atoms with Gasteiger partial charge in [0.15, 0.2) is 0 Å². The third kappa shape index (κ3) is 4.08. The fourth-order valence-electron chi connectivity index (χ4n) is 2.60. The lowest BCUT2D eigenvalue weighted by Gasteiger charge is -2.27. The maximum atomic E-state index is 11.7. The van der Waals surface area contributed by atoms with E-state index in [1.807, 2.05) is 0 Å². The zero-order chi connectivity index (χ0) is 11.1. The normalized spacial score (nSPS) is 26.3. The van der Waals surface area contributed by atoms with Crippen molar-refractivity contribution in [1.82, 2.24) is 0 Å². The largest absolute Gasteiger partial charge is 0.299 e. The molecule has 0 spiro atoms. The summed E-state index contributed by atoms with van der Waals surface area (Å²) in [5.74, 6) is 4.25. The second-order valence-electron chi connectivity index (χ2n) is 4.69. The molecule has 0 radical (unpaired) electrons. The number of hydrogen-bond acceptors (Lipinski definition) is 1. The molecule has 0 aromatic rings. The molecule has 1 fully saturated rings. The monoisotopic (exact) mass is 206 g/mol. The third-order valence-electron chi connectivity index (χ3n) is 3.44. The number of terminal acetylenes is 1. The molecule has 1 rings (SSSR count). The highest BCUT2D eigenvalue weighted by atomic mass is 16.1. The molecule has 0 aromatic heterocycles. The second-order valence-corrected chi connectivity index (χ2v) is 4.69. The van der Waals surface area contributed by atoms with Gasteiger partial charge >= 0.3 is 0 Å². The molecule has 84 valence electrons. The van der Waals surface area contributed by atoms with Gasteiger partial charge in [0.05, 0.1) is 0 Å². The summed E-state index contributed by atoms with van der Waals surface area (Å²) in [7, 11) is 0. The summed E-state index contributed by atoms with van der Waals surface area (Å²) in [5.41, 5.74) is 0. The van der Waals surface area contributed by atoms with Gasteiger partial charge in [-0.05, 0) is 31.6 Å². The molecule has 0 aromatic carbocycles. The predicted octanol–water partition coefficient (Wildman–Crippen LogP) is 3.58. The number of unbranched alkanes of at least 4 members (excludes halogenated alkanes) is 1. The van der Waals surface area contributed by atoms with E-state index in [2.05, 4.69) is 12.8 Å². The lowest BCUT2D eigenvalue weighted by molar-refractivity contribution is -0.125. The highest BCUT2D eigenvalue weighted by Crippen LogP contribution is 2.32. The Kier molecular flexibility index (Phi) is 5.47. The van der Waals surface area contributed by atoms with Crippen LogP contribution >= 0.6 is 0 Å². The van der Waals surface area contributed by atoms with Crippen molar-refractivity contribution in [2.45, 2.75) is 58.3 Å². The zero-order valence-corrected chi connectivity index (χ0v) is 9.80. The molecule has 1 aliphatic carbocycles. The molecule has 15 heavy (non-hydrogen) atoms. The Hall–Kier alpha value is -0.770. The van der Waals surface area contributed by atoms with Crippen molar-refractivity contribution in [3.05, 3.63) is 0 Å². The van der Waals surface area contributed by atoms with E-state index in [4.69, 9.17) is 6.42 Å². The first-order valence-corrected chi connectivity index (χ1v) is 6.24. The number of hydrogen-bond donors (Lipinski definition) is 0. The van der Waals surface area contributed by atoms with Gasteiger partial charge < -0.3 is 0 Å². The Bertz CT molecular complexity index is 236. The van der Waals surface area contributed by atoms with Crippen LogP contribution in [0.4, 0.5) is 0 Å². The van der Waals surface area contributed by atoms with Crippen molar-refractivity contribution in [3.8, 4) is 12.3 Å².